The maximum Gasteiger partial charge on any atom is 0.211 e. The van der Waals surface area contributed by atoms with Gasteiger partial charge in [-0.3, -0.25) is 4.90 Å². The first-order valence-corrected chi connectivity index (χ1v) is 10.4. The van der Waals surface area contributed by atoms with Gasteiger partial charge in [-0.1, -0.05) is 29.8 Å². The van der Waals surface area contributed by atoms with Gasteiger partial charge in [-0.2, -0.15) is 0 Å². The molecule has 0 saturated carbocycles. The molecular formula is C18H28N2O3S. The minimum atomic E-state index is -3.10. The first-order chi connectivity index (χ1) is 11.4. The molecule has 2 aliphatic rings. The molecule has 134 valence electrons. The van der Waals surface area contributed by atoms with Crippen LogP contribution in [-0.2, 0) is 21.3 Å². The Hall–Kier alpha value is -0.950. The van der Waals surface area contributed by atoms with E-state index in [1.165, 1.54) is 11.1 Å². The first-order valence-electron chi connectivity index (χ1n) is 8.79. The summed E-state index contributed by atoms with van der Waals surface area (Å²) in [6.07, 6.45) is 2.06. The number of rotatable bonds is 6. The molecule has 1 N–H and O–H groups in total. The predicted molar refractivity (Wildman–Crippen MR) is 95.3 cm³/mol. The third kappa shape index (κ3) is 4.36. The average molecular weight is 353 g/mol. The molecular weight excluding hydrogens is 324 g/mol. The van der Waals surface area contributed by atoms with Crippen LogP contribution in [-0.4, -0.2) is 50.9 Å². The van der Waals surface area contributed by atoms with Gasteiger partial charge in [-0.15, -0.1) is 0 Å². The second kappa shape index (κ2) is 7.12. The summed E-state index contributed by atoms with van der Waals surface area (Å²) in [6, 6.07) is 8.70. The number of aryl methyl sites for hydroxylation is 1. The van der Waals surface area contributed by atoms with Crippen molar-refractivity contribution < 1.29 is 13.2 Å². The molecule has 1 spiro atoms. The summed E-state index contributed by atoms with van der Waals surface area (Å²) in [5, 5.41) is 0. The van der Waals surface area contributed by atoms with E-state index >= 15 is 0 Å². The fourth-order valence-corrected chi connectivity index (χ4v) is 4.20. The third-order valence-electron chi connectivity index (χ3n) is 5.16. The predicted octanol–water partition coefficient (Wildman–Crippen LogP) is 1.92. The van der Waals surface area contributed by atoms with Crippen molar-refractivity contribution in [3.8, 4) is 0 Å². The summed E-state index contributed by atoms with van der Waals surface area (Å²) in [6.45, 7) is 7.86. The number of nitrogens with zero attached hydrogens (tertiary/aromatic N) is 1. The summed E-state index contributed by atoms with van der Waals surface area (Å²) in [5.41, 5.74) is 2.64. The molecule has 1 aromatic carbocycles. The zero-order chi connectivity index (χ0) is 17.2. The Morgan fingerprint density at radius 3 is 2.58 bits per heavy atom. The van der Waals surface area contributed by atoms with Crippen LogP contribution >= 0.6 is 0 Å². The fourth-order valence-electron chi connectivity index (χ4n) is 3.51. The van der Waals surface area contributed by atoms with Gasteiger partial charge in [0, 0.05) is 26.2 Å². The summed E-state index contributed by atoms with van der Waals surface area (Å²) < 4.78 is 31.8. The lowest BCUT2D eigenvalue weighted by Gasteiger charge is -2.53. The van der Waals surface area contributed by atoms with E-state index in [0.29, 0.717) is 19.1 Å². The Morgan fingerprint density at radius 2 is 2.00 bits per heavy atom. The number of hydrogen-bond acceptors (Lipinski definition) is 4. The van der Waals surface area contributed by atoms with Gasteiger partial charge in [0.1, 0.15) is 0 Å². The molecule has 5 nitrogen and oxygen atoms in total. The average Bonchev–Trinajstić information content (AvgIpc) is 2.55. The number of ether oxygens (including phenoxy) is 1. The molecule has 0 aromatic heterocycles. The zero-order valence-electron chi connectivity index (χ0n) is 14.6. The van der Waals surface area contributed by atoms with E-state index in [0.717, 1.165) is 32.5 Å². The highest BCUT2D eigenvalue weighted by atomic mass is 32.2. The Bertz CT molecular complexity index is 641. The molecule has 0 amide bonds. The maximum atomic E-state index is 11.5. The molecule has 0 unspecified atom stereocenters. The minimum Gasteiger partial charge on any atom is -0.372 e. The minimum absolute atomic E-state index is 0.00479. The smallest absolute Gasteiger partial charge is 0.211 e. The van der Waals surface area contributed by atoms with Gasteiger partial charge in [0.15, 0.2) is 0 Å². The Balaban J connectivity index is 1.41. The quantitative estimate of drug-likeness (QED) is 0.850. The summed E-state index contributed by atoms with van der Waals surface area (Å²) in [7, 11) is -3.10. The molecule has 0 radical (unpaired) electrons. The number of hydrogen-bond donors (Lipinski definition) is 1. The van der Waals surface area contributed by atoms with E-state index in [2.05, 4.69) is 40.8 Å². The van der Waals surface area contributed by atoms with Gasteiger partial charge in [0.2, 0.25) is 10.0 Å². The summed E-state index contributed by atoms with van der Waals surface area (Å²) in [4.78, 5) is 2.42. The van der Waals surface area contributed by atoms with Crippen molar-refractivity contribution in [1.29, 1.82) is 0 Å². The third-order valence-corrected chi connectivity index (χ3v) is 6.52. The van der Waals surface area contributed by atoms with Crippen molar-refractivity contribution in [1.82, 2.24) is 9.62 Å². The van der Waals surface area contributed by atoms with E-state index in [-0.39, 0.29) is 11.4 Å². The molecule has 2 heterocycles. The van der Waals surface area contributed by atoms with Crippen LogP contribution < -0.4 is 4.72 Å². The topological polar surface area (TPSA) is 58.6 Å². The molecule has 24 heavy (non-hydrogen) atoms. The monoisotopic (exact) mass is 352 g/mol. The highest BCUT2D eigenvalue weighted by Crippen LogP contribution is 2.36. The van der Waals surface area contributed by atoms with E-state index in [9.17, 15) is 8.42 Å². The van der Waals surface area contributed by atoms with Gasteiger partial charge in [0.25, 0.3) is 0 Å². The van der Waals surface area contributed by atoms with E-state index in [1.54, 1.807) is 6.92 Å². The van der Waals surface area contributed by atoms with Crippen LogP contribution in [0.1, 0.15) is 30.9 Å². The highest BCUT2D eigenvalue weighted by Gasteiger charge is 2.46. The molecule has 0 bridgehead atoms. The number of likely N-dealkylation sites (tertiary alicyclic amines) is 1. The fraction of sp³-hybridized carbons (Fsp3) is 0.667. The molecule has 2 aliphatic heterocycles. The Morgan fingerprint density at radius 1 is 1.29 bits per heavy atom. The van der Waals surface area contributed by atoms with Crippen LogP contribution in [0, 0.1) is 12.8 Å². The standard InChI is InChI=1S/C18H28N2O3S/c1-3-24(21,22)19-10-17-8-9-18(23-12-17)13-20(14-18)11-16-6-4-15(2)5-7-16/h4-7,17,19H,3,8-14H2,1-2H3/t17-/m1/s1. The van der Waals surface area contributed by atoms with Crippen LogP contribution in [0.15, 0.2) is 24.3 Å². The molecule has 1 aromatic rings. The van der Waals surface area contributed by atoms with Gasteiger partial charge < -0.3 is 4.74 Å². The van der Waals surface area contributed by atoms with Crippen LogP contribution in [0.2, 0.25) is 0 Å². The second-order valence-electron chi connectivity index (χ2n) is 7.28. The van der Waals surface area contributed by atoms with Crippen molar-refractivity contribution in [2.45, 2.75) is 38.8 Å². The van der Waals surface area contributed by atoms with Crippen LogP contribution in [0.25, 0.3) is 0 Å². The Kier molecular flexibility index (Phi) is 5.30. The van der Waals surface area contributed by atoms with Gasteiger partial charge in [-0.25, -0.2) is 13.1 Å². The maximum absolute atomic E-state index is 11.5. The molecule has 6 heteroatoms. The Labute approximate surface area is 145 Å². The summed E-state index contributed by atoms with van der Waals surface area (Å²) >= 11 is 0. The van der Waals surface area contributed by atoms with E-state index in [1.807, 2.05) is 0 Å². The lowest BCUT2D eigenvalue weighted by Crippen LogP contribution is -2.64. The largest absolute Gasteiger partial charge is 0.372 e. The van der Waals surface area contributed by atoms with Gasteiger partial charge >= 0.3 is 0 Å². The van der Waals surface area contributed by atoms with Crippen molar-refractivity contribution in [3.63, 3.8) is 0 Å². The summed E-state index contributed by atoms with van der Waals surface area (Å²) in [5.74, 6) is 0.432. The normalized spacial score (nSPS) is 24.0. The molecule has 2 fully saturated rings. The van der Waals surface area contributed by atoms with Crippen molar-refractivity contribution in [2.24, 2.45) is 5.92 Å². The molecule has 0 aliphatic carbocycles. The SMILES string of the molecule is CCS(=O)(=O)NC[C@H]1CCC2(CN(Cc3ccc(C)cc3)C2)OC1. The van der Waals surface area contributed by atoms with Crippen LogP contribution in [0.3, 0.4) is 0 Å². The van der Waals surface area contributed by atoms with E-state index < -0.39 is 10.0 Å². The molecule has 3 rings (SSSR count). The van der Waals surface area contributed by atoms with Gasteiger partial charge in [0.05, 0.1) is 18.0 Å². The number of benzene rings is 1. The molecule has 1 atom stereocenters. The number of nitrogens with one attached hydrogen (secondary N) is 1. The second-order valence-corrected chi connectivity index (χ2v) is 9.38. The van der Waals surface area contributed by atoms with Crippen LogP contribution in [0.4, 0.5) is 0 Å². The van der Waals surface area contributed by atoms with Crippen molar-refractivity contribution >= 4 is 10.0 Å². The van der Waals surface area contributed by atoms with Crippen LogP contribution in [0.5, 0.6) is 0 Å². The van der Waals surface area contributed by atoms with E-state index in [4.69, 9.17) is 4.74 Å². The van der Waals surface area contributed by atoms with Gasteiger partial charge in [-0.05, 0) is 38.2 Å². The van der Waals surface area contributed by atoms with Crippen molar-refractivity contribution in [2.75, 3.05) is 32.0 Å². The lowest BCUT2D eigenvalue weighted by atomic mass is 9.83. The molecule has 2 saturated heterocycles. The van der Waals surface area contributed by atoms with Crippen molar-refractivity contribution in [3.05, 3.63) is 35.4 Å². The first kappa shape index (κ1) is 17.9. The number of sulfonamides is 1. The lowest BCUT2D eigenvalue weighted by molar-refractivity contribution is -0.181. The highest BCUT2D eigenvalue weighted by molar-refractivity contribution is 7.89. The zero-order valence-corrected chi connectivity index (χ0v) is 15.4.